The Morgan fingerprint density at radius 1 is 1.15 bits per heavy atom. The van der Waals surface area contributed by atoms with Gasteiger partial charge in [0.15, 0.2) is 5.41 Å². The highest BCUT2D eigenvalue weighted by atomic mass is 16.4. The van der Waals surface area contributed by atoms with Crippen LogP contribution >= 0.6 is 0 Å². The molecule has 13 heavy (non-hydrogen) atoms. The van der Waals surface area contributed by atoms with E-state index in [1.165, 1.54) is 6.42 Å². The molecular formula is C9H11O4. The van der Waals surface area contributed by atoms with Crippen LogP contribution in [0.2, 0.25) is 0 Å². The predicted octanol–water partition coefficient (Wildman–Crippen LogP) is 0.920. The van der Waals surface area contributed by atoms with Crippen LogP contribution in [0.1, 0.15) is 25.7 Å². The van der Waals surface area contributed by atoms with Crippen molar-refractivity contribution < 1.29 is 19.8 Å². The van der Waals surface area contributed by atoms with Gasteiger partial charge in [0.05, 0.1) is 0 Å². The Morgan fingerprint density at radius 3 is 1.85 bits per heavy atom. The maximum Gasteiger partial charge on any atom is 0.321 e. The van der Waals surface area contributed by atoms with E-state index in [1.807, 2.05) is 0 Å². The van der Waals surface area contributed by atoms with Gasteiger partial charge in [-0.15, -0.1) is 0 Å². The zero-order chi connectivity index (χ0) is 9.69. The molecule has 2 rings (SSSR count). The van der Waals surface area contributed by atoms with Crippen LogP contribution in [0, 0.1) is 17.3 Å². The molecule has 0 amide bonds. The maximum atomic E-state index is 10.8. The topological polar surface area (TPSA) is 74.6 Å². The number of carboxylic acids is 2. The first kappa shape index (κ1) is 8.53. The minimum Gasteiger partial charge on any atom is -0.480 e. The van der Waals surface area contributed by atoms with Gasteiger partial charge in [-0.1, -0.05) is 6.42 Å². The molecule has 0 aromatic carbocycles. The second-order valence-corrected chi connectivity index (χ2v) is 4.12. The van der Waals surface area contributed by atoms with Crippen molar-refractivity contribution in [2.24, 2.45) is 10.8 Å². The monoisotopic (exact) mass is 183 g/mol. The number of aliphatic carboxylic acids is 2. The fourth-order valence-corrected chi connectivity index (χ4v) is 2.37. The molecule has 0 unspecified atom stereocenters. The number of hydrogen-bond donors (Lipinski definition) is 2. The van der Waals surface area contributed by atoms with Gasteiger partial charge in [-0.25, -0.2) is 0 Å². The summed E-state index contributed by atoms with van der Waals surface area (Å²) < 4.78 is 0. The minimum absolute atomic E-state index is 0.0449. The summed E-state index contributed by atoms with van der Waals surface area (Å²) in [5.74, 6) is -2.45. The average Bonchev–Trinajstić information content (AvgIpc) is 1.78. The SMILES string of the molecule is O=C(O)C1(C(=O)O)[CH]C2(CCC2)C1. The van der Waals surface area contributed by atoms with E-state index in [4.69, 9.17) is 10.2 Å². The minimum atomic E-state index is -1.58. The van der Waals surface area contributed by atoms with Crippen molar-refractivity contribution in [1.82, 2.24) is 0 Å². The van der Waals surface area contributed by atoms with Crippen LogP contribution in [0.3, 0.4) is 0 Å². The van der Waals surface area contributed by atoms with Crippen LogP contribution in [-0.4, -0.2) is 22.2 Å². The first-order chi connectivity index (χ1) is 6.01. The second kappa shape index (κ2) is 2.25. The normalized spacial score (nSPS) is 27.4. The average molecular weight is 183 g/mol. The summed E-state index contributed by atoms with van der Waals surface area (Å²) >= 11 is 0. The van der Waals surface area contributed by atoms with Gasteiger partial charge in [0.1, 0.15) is 0 Å². The molecule has 4 nitrogen and oxygen atoms in total. The second-order valence-electron chi connectivity index (χ2n) is 4.12. The summed E-state index contributed by atoms with van der Waals surface area (Å²) in [6, 6.07) is 0. The van der Waals surface area contributed by atoms with Crippen LogP contribution in [0.25, 0.3) is 0 Å². The molecule has 2 aliphatic rings. The largest absolute Gasteiger partial charge is 0.480 e. The first-order valence-electron chi connectivity index (χ1n) is 4.35. The summed E-state index contributed by atoms with van der Waals surface area (Å²) in [5.41, 5.74) is -1.63. The van der Waals surface area contributed by atoms with E-state index >= 15 is 0 Å². The Balaban J connectivity index is 2.13. The quantitative estimate of drug-likeness (QED) is 0.624. The molecule has 1 spiro atoms. The van der Waals surface area contributed by atoms with Crippen molar-refractivity contribution in [2.45, 2.75) is 25.7 Å². The van der Waals surface area contributed by atoms with Crippen LogP contribution in [0.5, 0.6) is 0 Å². The Bertz CT molecular complexity index is 253. The molecule has 0 aliphatic heterocycles. The molecule has 0 aromatic rings. The van der Waals surface area contributed by atoms with Crippen molar-refractivity contribution in [3.8, 4) is 0 Å². The molecule has 0 bridgehead atoms. The van der Waals surface area contributed by atoms with Crippen molar-refractivity contribution in [2.75, 3.05) is 0 Å². The summed E-state index contributed by atoms with van der Waals surface area (Å²) in [5, 5.41) is 17.6. The molecule has 71 valence electrons. The predicted molar refractivity (Wildman–Crippen MR) is 42.9 cm³/mol. The molecule has 0 atom stereocenters. The van der Waals surface area contributed by atoms with Crippen molar-refractivity contribution >= 4 is 11.9 Å². The lowest BCUT2D eigenvalue weighted by Crippen LogP contribution is -2.59. The number of carbonyl (C=O) groups is 2. The molecule has 2 saturated carbocycles. The Labute approximate surface area is 75.6 Å². The first-order valence-corrected chi connectivity index (χ1v) is 4.35. The van der Waals surface area contributed by atoms with E-state index < -0.39 is 17.4 Å². The van der Waals surface area contributed by atoms with Gasteiger partial charge in [0.2, 0.25) is 0 Å². The van der Waals surface area contributed by atoms with Gasteiger partial charge >= 0.3 is 11.9 Å². The highest BCUT2D eigenvalue weighted by Gasteiger charge is 2.65. The fourth-order valence-electron chi connectivity index (χ4n) is 2.37. The van der Waals surface area contributed by atoms with E-state index in [2.05, 4.69) is 0 Å². The van der Waals surface area contributed by atoms with Crippen molar-refractivity contribution in [3.05, 3.63) is 6.42 Å². The van der Waals surface area contributed by atoms with Gasteiger partial charge in [0.25, 0.3) is 0 Å². The van der Waals surface area contributed by atoms with Gasteiger partial charge < -0.3 is 10.2 Å². The maximum absolute atomic E-state index is 10.8. The van der Waals surface area contributed by atoms with E-state index in [0.717, 1.165) is 19.3 Å². The third kappa shape index (κ3) is 0.913. The van der Waals surface area contributed by atoms with Gasteiger partial charge in [-0.3, -0.25) is 9.59 Å². The van der Waals surface area contributed by atoms with Crippen molar-refractivity contribution in [3.63, 3.8) is 0 Å². The van der Waals surface area contributed by atoms with E-state index in [-0.39, 0.29) is 11.8 Å². The standard InChI is InChI=1S/C9H11O4/c10-6(11)9(7(12)13)4-8(5-9)2-1-3-8/h4H,1-3,5H2,(H,10,11)(H,12,13). The van der Waals surface area contributed by atoms with Gasteiger partial charge in [0, 0.05) is 0 Å². The van der Waals surface area contributed by atoms with E-state index in [9.17, 15) is 9.59 Å². The molecule has 4 heteroatoms. The number of carboxylic acid groups (broad SMARTS) is 2. The number of rotatable bonds is 2. The molecular weight excluding hydrogens is 172 g/mol. The number of hydrogen-bond acceptors (Lipinski definition) is 2. The zero-order valence-corrected chi connectivity index (χ0v) is 7.12. The molecule has 2 fully saturated rings. The summed E-state index contributed by atoms with van der Waals surface area (Å²) in [6.45, 7) is 0. The lowest BCUT2D eigenvalue weighted by molar-refractivity contribution is -0.176. The Morgan fingerprint density at radius 2 is 1.62 bits per heavy atom. The molecule has 0 saturated heterocycles. The summed E-state index contributed by atoms with van der Waals surface area (Å²) in [7, 11) is 0. The lowest BCUT2D eigenvalue weighted by atomic mass is 9.45. The third-order valence-corrected chi connectivity index (χ3v) is 3.30. The van der Waals surface area contributed by atoms with Gasteiger partial charge in [-0.05, 0) is 31.1 Å². The molecule has 0 aromatic heterocycles. The van der Waals surface area contributed by atoms with Crippen LogP contribution in [0.4, 0.5) is 0 Å². The molecule has 2 N–H and O–H groups in total. The van der Waals surface area contributed by atoms with E-state index in [0.29, 0.717) is 0 Å². The third-order valence-electron chi connectivity index (χ3n) is 3.30. The molecule has 1 radical (unpaired) electrons. The smallest absolute Gasteiger partial charge is 0.321 e. The van der Waals surface area contributed by atoms with Crippen LogP contribution < -0.4 is 0 Å². The van der Waals surface area contributed by atoms with Crippen LogP contribution in [0.15, 0.2) is 0 Å². The van der Waals surface area contributed by atoms with Crippen molar-refractivity contribution in [1.29, 1.82) is 0 Å². The molecule has 2 aliphatic carbocycles. The van der Waals surface area contributed by atoms with Gasteiger partial charge in [-0.2, -0.15) is 0 Å². The zero-order valence-electron chi connectivity index (χ0n) is 7.12. The highest BCUT2D eigenvalue weighted by molar-refractivity contribution is 6.01. The van der Waals surface area contributed by atoms with Crippen LogP contribution in [-0.2, 0) is 9.59 Å². The summed E-state index contributed by atoms with van der Waals surface area (Å²) in [4.78, 5) is 21.5. The summed E-state index contributed by atoms with van der Waals surface area (Å²) in [6.07, 6.45) is 4.80. The Hall–Kier alpha value is -1.06. The Kier molecular flexibility index (Phi) is 1.47. The fraction of sp³-hybridized carbons (Fsp3) is 0.667. The highest BCUT2D eigenvalue weighted by Crippen LogP contribution is 2.63. The molecule has 0 heterocycles. The van der Waals surface area contributed by atoms with E-state index in [1.54, 1.807) is 0 Å². The lowest BCUT2D eigenvalue weighted by Gasteiger charge is -2.56.